The van der Waals surface area contributed by atoms with Crippen LogP contribution in [0.3, 0.4) is 0 Å². The molecule has 0 unspecified atom stereocenters. The maximum atomic E-state index is 11.2. The van der Waals surface area contributed by atoms with Crippen LogP contribution in [0.5, 0.6) is 0 Å². The molecular formula is C8H13N2O3. The Hall–Kier alpha value is -1.26. The molecule has 1 aliphatic heterocycles. The van der Waals surface area contributed by atoms with E-state index in [4.69, 9.17) is 4.74 Å². The zero-order chi connectivity index (χ0) is 9.68. The lowest BCUT2D eigenvalue weighted by molar-refractivity contribution is 0.0915. The van der Waals surface area contributed by atoms with Gasteiger partial charge in [-0.1, -0.05) is 0 Å². The highest BCUT2D eigenvalue weighted by Crippen LogP contribution is 2.01. The van der Waals surface area contributed by atoms with E-state index in [2.05, 4.69) is 0 Å². The summed E-state index contributed by atoms with van der Waals surface area (Å²) in [5.41, 5.74) is 0. The van der Waals surface area contributed by atoms with Gasteiger partial charge in [-0.25, -0.2) is 4.79 Å². The molecule has 1 aliphatic rings. The van der Waals surface area contributed by atoms with Crippen molar-refractivity contribution in [2.75, 3.05) is 32.8 Å². The summed E-state index contributed by atoms with van der Waals surface area (Å²) >= 11 is 0. The van der Waals surface area contributed by atoms with E-state index < -0.39 is 0 Å². The van der Waals surface area contributed by atoms with Gasteiger partial charge in [-0.15, -0.1) is 0 Å². The molecule has 0 aliphatic carbocycles. The molecule has 1 rings (SSSR count). The number of carbonyl (C=O) groups excluding carboxylic acids is 2. The molecule has 0 aromatic carbocycles. The van der Waals surface area contributed by atoms with E-state index in [1.165, 1.54) is 4.90 Å². The molecule has 1 saturated heterocycles. The minimum Gasteiger partial charge on any atom is -0.450 e. The maximum Gasteiger partial charge on any atom is 0.409 e. The molecule has 2 amide bonds. The van der Waals surface area contributed by atoms with Gasteiger partial charge in [0.15, 0.2) is 0 Å². The van der Waals surface area contributed by atoms with Crippen LogP contribution in [-0.2, 0) is 9.53 Å². The van der Waals surface area contributed by atoms with Crippen LogP contribution in [0.1, 0.15) is 6.92 Å². The molecule has 1 heterocycles. The van der Waals surface area contributed by atoms with Crippen LogP contribution in [0.2, 0.25) is 0 Å². The summed E-state index contributed by atoms with van der Waals surface area (Å²) in [6.07, 6.45) is 1.50. The standard InChI is InChI=1S/C8H13N2O3/c1-2-13-8(12)10-5-3-9(7-11)4-6-10/h2-6H2,1H3. The Morgan fingerprint density at radius 3 is 2.46 bits per heavy atom. The molecule has 0 aromatic heterocycles. The van der Waals surface area contributed by atoms with E-state index in [0.29, 0.717) is 32.8 Å². The Morgan fingerprint density at radius 1 is 1.38 bits per heavy atom. The van der Waals surface area contributed by atoms with Crippen molar-refractivity contribution in [3.05, 3.63) is 0 Å². The van der Waals surface area contributed by atoms with Gasteiger partial charge in [-0.3, -0.25) is 4.79 Å². The summed E-state index contributed by atoms with van der Waals surface area (Å²) in [7, 11) is 0. The second-order valence-electron chi connectivity index (χ2n) is 2.76. The van der Waals surface area contributed by atoms with E-state index in [1.807, 2.05) is 0 Å². The minimum absolute atomic E-state index is 0.298. The van der Waals surface area contributed by atoms with Gasteiger partial charge in [0, 0.05) is 26.2 Å². The highest BCUT2D eigenvalue weighted by atomic mass is 16.6. The van der Waals surface area contributed by atoms with E-state index in [-0.39, 0.29) is 6.09 Å². The molecule has 1 fully saturated rings. The quantitative estimate of drug-likeness (QED) is 0.600. The highest BCUT2D eigenvalue weighted by molar-refractivity contribution is 5.68. The van der Waals surface area contributed by atoms with Gasteiger partial charge in [0.1, 0.15) is 0 Å². The number of amides is 2. The first-order valence-corrected chi connectivity index (χ1v) is 4.32. The van der Waals surface area contributed by atoms with Crippen LogP contribution in [0, 0.1) is 0 Å². The van der Waals surface area contributed by atoms with Gasteiger partial charge in [0.2, 0.25) is 0 Å². The van der Waals surface area contributed by atoms with E-state index in [0.717, 1.165) is 0 Å². The van der Waals surface area contributed by atoms with Crippen molar-refractivity contribution in [2.45, 2.75) is 6.92 Å². The van der Waals surface area contributed by atoms with E-state index in [1.54, 1.807) is 18.2 Å². The normalized spacial score (nSPS) is 17.0. The fourth-order valence-corrected chi connectivity index (χ4v) is 1.20. The minimum atomic E-state index is -0.298. The molecule has 0 atom stereocenters. The van der Waals surface area contributed by atoms with Crippen LogP contribution in [0.25, 0.3) is 0 Å². The highest BCUT2D eigenvalue weighted by Gasteiger charge is 2.20. The summed E-state index contributed by atoms with van der Waals surface area (Å²) in [6.45, 7) is 4.32. The van der Waals surface area contributed by atoms with E-state index in [9.17, 15) is 9.59 Å². The molecule has 0 bridgehead atoms. The molecule has 0 spiro atoms. The topological polar surface area (TPSA) is 49.9 Å². The summed E-state index contributed by atoms with van der Waals surface area (Å²) in [4.78, 5) is 24.5. The number of piperazine rings is 1. The third-order valence-electron chi connectivity index (χ3n) is 1.93. The van der Waals surface area contributed by atoms with Gasteiger partial charge in [-0.05, 0) is 6.92 Å². The van der Waals surface area contributed by atoms with Crippen molar-refractivity contribution >= 4 is 12.5 Å². The monoisotopic (exact) mass is 185 g/mol. The zero-order valence-corrected chi connectivity index (χ0v) is 7.65. The average molecular weight is 185 g/mol. The smallest absolute Gasteiger partial charge is 0.409 e. The second kappa shape index (κ2) is 4.69. The van der Waals surface area contributed by atoms with Crippen molar-refractivity contribution in [3.63, 3.8) is 0 Å². The largest absolute Gasteiger partial charge is 0.450 e. The summed E-state index contributed by atoms with van der Waals surface area (Å²) < 4.78 is 4.82. The Labute approximate surface area is 77.2 Å². The van der Waals surface area contributed by atoms with E-state index >= 15 is 0 Å². The predicted molar refractivity (Wildman–Crippen MR) is 45.9 cm³/mol. The van der Waals surface area contributed by atoms with Crippen LogP contribution in [-0.4, -0.2) is 55.1 Å². The molecule has 73 valence electrons. The lowest BCUT2D eigenvalue weighted by atomic mass is 10.3. The van der Waals surface area contributed by atoms with Crippen molar-refractivity contribution in [1.82, 2.24) is 9.80 Å². The molecule has 0 N–H and O–H groups in total. The van der Waals surface area contributed by atoms with Gasteiger partial charge >= 0.3 is 12.5 Å². The number of hydrogen-bond acceptors (Lipinski definition) is 3. The van der Waals surface area contributed by atoms with Gasteiger partial charge in [0.25, 0.3) is 0 Å². The Kier molecular flexibility index (Phi) is 3.54. The first kappa shape index (κ1) is 9.83. The van der Waals surface area contributed by atoms with Crippen LogP contribution in [0.15, 0.2) is 0 Å². The SMILES string of the molecule is CCOC(=O)N1CCN([C]=O)CC1. The number of nitrogens with zero attached hydrogens (tertiary/aromatic N) is 2. The van der Waals surface area contributed by atoms with Gasteiger partial charge in [0.05, 0.1) is 6.61 Å². The van der Waals surface area contributed by atoms with Crippen molar-refractivity contribution in [2.24, 2.45) is 0 Å². The summed E-state index contributed by atoms with van der Waals surface area (Å²) in [5.74, 6) is 0. The second-order valence-corrected chi connectivity index (χ2v) is 2.76. The molecule has 13 heavy (non-hydrogen) atoms. The summed E-state index contributed by atoms with van der Waals surface area (Å²) in [5, 5.41) is 0. The molecular weight excluding hydrogens is 172 g/mol. The van der Waals surface area contributed by atoms with Crippen molar-refractivity contribution in [1.29, 1.82) is 0 Å². The predicted octanol–water partition coefficient (Wildman–Crippen LogP) is -0.172. The Bertz CT molecular complexity index is 188. The summed E-state index contributed by atoms with van der Waals surface area (Å²) in [6, 6.07) is 0. The fraction of sp³-hybridized carbons (Fsp3) is 0.750. The lowest BCUT2D eigenvalue weighted by Crippen LogP contribution is -2.48. The van der Waals surface area contributed by atoms with Crippen molar-refractivity contribution < 1.29 is 14.3 Å². The van der Waals surface area contributed by atoms with Crippen LogP contribution >= 0.6 is 0 Å². The molecule has 5 heteroatoms. The Balaban J connectivity index is 2.31. The third kappa shape index (κ3) is 2.61. The molecule has 5 nitrogen and oxygen atoms in total. The fourth-order valence-electron chi connectivity index (χ4n) is 1.20. The number of hydrogen-bond donors (Lipinski definition) is 0. The number of ether oxygens (including phenoxy) is 1. The first-order chi connectivity index (χ1) is 6.27. The van der Waals surface area contributed by atoms with Gasteiger partial charge < -0.3 is 14.5 Å². The van der Waals surface area contributed by atoms with Gasteiger partial charge in [-0.2, -0.15) is 0 Å². The molecule has 1 radical (unpaired) electrons. The average Bonchev–Trinajstić information content (AvgIpc) is 2.18. The zero-order valence-electron chi connectivity index (χ0n) is 7.65. The van der Waals surface area contributed by atoms with Crippen LogP contribution < -0.4 is 0 Å². The third-order valence-corrected chi connectivity index (χ3v) is 1.93. The maximum absolute atomic E-state index is 11.2. The molecule has 0 aromatic rings. The number of carbonyl (C=O) groups is 1. The lowest BCUT2D eigenvalue weighted by Gasteiger charge is -2.31. The number of rotatable bonds is 2. The van der Waals surface area contributed by atoms with Crippen molar-refractivity contribution in [3.8, 4) is 0 Å². The van der Waals surface area contributed by atoms with Crippen LogP contribution in [0.4, 0.5) is 4.79 Å². The first-order valence-electron chi connectivity index (χ1n) is 4.32. The molecule has 0 saturated carbocycles. The Morgan fingerprint density at radius 2 is 2.00 bits per heavy atom.